The smallest absolute Gasteiger partial charge is 0.0971 e. The van der Waals surface area contributed by atoms with E-state index in [4.69, 9.17) is 4.98 Å². The van der Waals surface area contributed by atoms with Crippen LogP contribution >= 0.6 is 22.7 Å². The summed E-state index contributed by atoms with van der Waals surface area (Å²) in [5.41, 5.74) is 9.12. The lowest BCUT2D eigenvalue weighted by Gasteiger charge is -2.10. The first-order chi connectivity index (χ1) is 14.4. The molecule has 5 rings (SSSR count). The van der Waals surface area contributed by atoms with Gasteiger partial charge < -0.3 is 0 Å². The summed E-state index contributed by atoms with van der Waals surface area (Å²) in [5.74, 6) is 1.13. The van der Waals surface area contributed by atoms with Crippen LogP contribution in [0.15, 0.2) is 42.5 Å². The lowest BCUT2D eigenvalue weighted by Crippen LogP contribution is -1.92. The zero-order chi connectivity index (χ0) is 21.0. The Morgan fingerprint density at radius 1 is 0.800 bits per heavy atom. The largest absolute Gasteiger partial charge is 0.246 e. The number of aryl methyl sites for hydroxylation is 4. The van der Waals surface area contributed by atoms with Gasteiger partial charge >= 0.3 is 0 Å². The third-order valence-electron chi connectivity index (χ3n) is 6.12. The predicted molar refractivity (Wildman–Crippen MR) is 129 cm³/mol. The number of hydrogen-bond donors (Lipinski definition) is 0. The van der Waals surface area contributed by atoms with Gasteiger partial charge in [0, 0.05) is 5.92 Å². The van der Waals surface area contributed by atoms with E-state index in [2.05, 4.69) is 82.1 Å². The Kier molecular flexibility index (Phi) is 4.87. The Bertz CT molecular complexity index is 1250. The molecule has 2 heterocycles. The summed E-state index contributed by atoms with van der Waals surface area (Å²) in [7, 11) is 0. The quantitative estimate of drug-likeness (QED) is 0.331. The Morgan fingerprint density at radius 3 is 2.30 bits per heavy atom. The van der Waals surface area contributed by atoms with E-state index < -0.39 is 0 Å². The molecule has 0 saturated heterocycles. The van der Waals surface area contributed by atoms with E-state index >= 15 is 0 Å². The van der Waals surface area contributed by atoms with Crippen molar-refractivity contribution >= 4 is 22.7 Å². The first-order valence-corrected chi connectivity index (χ1v) is 12.1. The van der Waals surface area contributed by atoms with E-state index in [0.29, 0.717) is 11.8 Å². The van der Waals surface area contributed by atoms with Gasteiger partial charge in [0.05, 0.1) is 31.2 Å². The summed E-state index contributed by atoms with van der Waals surface area (Å²) < 4.78 is 0. The monoisotopic (exact) mass is 430 g/mol. The van der Waals surface area contributed by atoms with Gasteiger partial charge in [0.2, 0.25) is 0 Å². The van der Waals surface area contributed by atoms with Crippen molar-refractivity contribution in [1.29, 1.82) is 0 Å². The van der Waals surface area contributed by atoms with Crippen molar-refractivity contribution in [3.8, 4) is 20.9 Å². The number of benzene rings is 2. The van der Waals surface area contributed by atoms with E-state index in [1.807, 2.05) is 11.3 Å². The van der Waals surface area contributed by atoms with E-state index in [0.717, 1.165) is 16.4 Å². The fourth-order valence-electron chi connectivity index (χ4n) is 4.52. The maximum absolute atomic E-state index is 4.99. The van der Waals surface area contributed by atoms with E-state index in [1.165, 1.54) is 49.0 Å². The van der Waals surface area contributed by atoms with Gasteiger partial charge in [0.25, 0.3) is 0 Å². The summed E-state index contributed by atoms with van der Waals surface area (Å²) in [4.78, 5) is 12.3. The number of rotatable bonds is 4. The average Bonchev–Trinajstić information content (AvgIpc) is 3.29. The minimum atomic E-state index is 0.547. The summed E-state index contributed by atoms with van der Waals surface area (Å²) in [6, 6.07) is 15.5. The molecule has 0 aliphatic heterocycles. The normalized spacial score (nSPS) is 18.0. The molecule has 4 heteroatoms. The van der Waals surface area contributed by atoms with Crippen molar-refractivity contribution in [2.45, 2.75) is 52.9 Å². The van der Waals surface area contributed by atoms with E-state index in [1.54, 1.807) is 11.3 Å². The SMILES string of the molecule is Cc1cccc(-c2sc(C3CC3c3cccc(-c4sc(C)nc4C)c3C)nc2C)c1. The third kappa shape index (κ3) is 3.42. The Hall–Kier alpha value is -2.30. The molecule has 1 saturated carbocycles. The highest BCUT2D eigenvalue weighted by Gasteiger charge is 2.43. The second kappa shape index (κ2) is 7.44. The Labute approximate surface area is 186 Å². The maximum Gasteiger partial charge on any atom is 0.0971 e. The van der Waals surface area contributed by atoms with Crippen LogP contribution in [-0.2, 0) is 0 Å². The molecule has 1 fully saturated rings. The van der Waals surface area contributed by atoms with Crippen molar-refractivity contribution < 1.29 is 0 Å². The molecule has 2 atom stereocenters. The van der Waals surface area contributed by atoms with Gasteiger partial charge in [-0.15, -0.1) is 22.7 Å². The lowest BCUT2D eigenvalue weighted by molar-refractivity contribution is 0.984. The van der Waals surface area contributed by atoms with Gasteiger partial charge in [0.1, 0.15) is 0 Å². The number of hydrogen-bond acceptors (Lipinski definition) is 4. The fraction of sp³-hybridized carbons (Fsp3) is 0.308. The molecule has 2 aromatic carbocycles. The summed E-state index contributed by atoms with van der Waals surface area (Å²) >= 11 is 3.69. The summed E-state index contributed by atoms with van der Waals surface area (Å²) in [6.45, 7) is 10.8. The molecular weight excluding hydrogens is 404 g/mol. The van der Waals surface area contributed by atoms with Gasteiger partial charge in [0.15, 0.2) is 0 Å². The highest BCUT2D eigenvalue weighted by molar-refractivity contribution is 7.15. The van der Waals surface area contributed by atoms with Crippen LogP contribution in [0.4, 0.5) is 0 Å². The zero-order valence-electron chi connectivity index (χ0n) is 18.1. The van der Waals surface area contributed by atoms with Crippen molar-refractivity contribution in [1.82, 2.24) is 9.97 Å². The molecular formula is C26H26N2S2. The van der Waals surface area contributed by atoms with E-state index in [-0.39, 0.29) is 0 Å². The van der Waals surface area contributed by atoms with Crippen LogP contribution < -0.4 is 0 Å². The first-order valence-electron chi connectivity index (χ1n) is 10.5. The maximum atomic E-state index is 4.99. The lowest BCUT2D eigenvalue weighted by atomic mass is 9.97. The van der Waals surface area contributed by atoms with Crippen LogP contribution in [0, 0.1) is 34.6 Å². The topological polar surface area (TPSA) is 25.8 Å². The number of thiazole rings is 2. The highest BCUT2D eigenvalue weighted by atomic mass is 32.1. The minimum Gasteiger partial charge on any atom is -0.246 e. The Balaban J connectivity index is 1.45. The van der Waals surface area contributed by atoms with E-state index in [9.17, 15) is 0 Å². The molecule has 2 nitrogen and oxygen atoms in total. The fourth-order valence-corrected chi connectivity index (χ4v) is 6.77. The molecule has 0 amide bonds. The zero-order valence-corrected chi connectivity index (χ0v) is 19.7. The first kappa shape index (κ1) is 19.7. The van der Waals surface area contributed by atoms with Gasteiger partial charge in [-0.1, -0.05) is 48.0 Å². The summed E-state index contributed by atoms with van der Waals surface area (Å²) in [6.07, 6.45) is 1.20. The van der Waals surface area contributed by atoms with Crippen LogP contribution in [0.2, 0.25) is 0 Å². The third-order valence-corrected chi connectivity index (χ3v) is 8.57. The Morgan fingerprint density at radius 2 is 1.57 bits per heavy atom. The molecule has 0 spiro atoms. The summed E-state index contributed by atoms with van der Waals surface area (Å²) in [5, 5.41) is 2.43. The molecule has 0 N–H and O–H groups in total. The molecule has 4 aromatic rings. The van der Waals surface area contributed by atoms with Gasteiger partial charge in [-0.25, -0.2) is 9.97 Å². The standard InChI is InChI=1S/C26H26N2S2/c1-14-8-6-9-19(12-14)24-16(3)28-26(30-24)23-13-22(23)20-10-7-11-21(15(20)2)25-17(4)27-18(5)29-25/h6-12,22-23H,13H2,1-5H3. The molecule has 1 aliphatic carbocycles. The van der Waals surface area contributed by atoms with Crippen LogP contribution in [0.25, 0.3) is 20.9 Å². The average molecular weight is 431 g/mol. The minimum absolute atomic E-state index is 0.547. The second-order valence-corrected chi connectivity index (χ2v) is 10.7. The number of aromatic nitrogens is 2. The van der Waals surface area contributed by atoms with Crippen molar-refractivity contribution in [3.63, 3.8) is 0 Å². The molecule has 2 aromatic heterocycles. The van der Waals surface area contributed by atoms with Crippen LogP contribution in [0.5, 0.6) is 0 Å². The van der Waals surface area contributed by atoms with Crippen molar-refractivity contribution in [3.05, 3.63) is 80.6 Å². The second-order valence-electron chi connectivity index (χ2n) is 8.45. The van der Waals surface area contributed by atoms with Crippen LogP contribution in [-0.4, -0.2) is 9.97 Å². The molecule has 0 radical (unpaired) electrons. The molecule has 0 bridgehead atoms. The highest BCUT2D eigenvalue weighted by Crippen LogP contribution is 2.57. The van der Waals surface area contributed by atoms with Crippen molar-refractivity contribution in [2.75, 3.05) is 0 Å². The van der Waals surface area contributed by atoms with Crippen LogP contribution in [0.3, 0.4) is 0 Å². The molecule has 152 valence electrons. The van der Waals surface area contributed by atoms with Gasteiger partial charge in [-0.05, 0) is 69.2 Å². The number of nitrogens with zero attached hydrogens (tertiary/aromatic N) is 2. The predicted octanol–water partition coefficient (Wildman–Crippen LogP) is 7.75. The molecule has 30 heavy (non-hydrogen) atoms. The van der Waals surface area contributed by atoms with Gasteiger partial charge in [-0.3, -0.25) is 0 Å². The van der Waals surface area contributed by atoms with Crippen LogP contribution in [0.1, 0.15) is 56.4 Å². The van der Waals surface area contributed by atoms with Crippen molar-refractivity contribution in [2.24, 2.45) is 0 Å². The molecule has 2 unspecified atom stereocenters. The molecule has 1 aliphatic rings. The van der Waals surface area contributed by atoms with Gasteiger partial charge in [-0.2, -0.15) is 0 Å².